The Kier molecular flexibility index (Phi) is 6.09. The van der Waals surface area contributed by atoms with Gasteiger partial charge in [-0.1, -0.05) is 23.4 Å². The van der Waals surface area contributed by atoms with Crippen molar-refractivity contribution < 1.29 is 40.4 Å². The van der Waals surface area contributed by atoms with Crippen LogP contribution in [0.1, 0.15) is 34.9 Å². The molecule has 0 saturated carbocycles. The zero-order valence-electron chi connectivity index (χ0n) is 18.8. The SMILES string of the molecule is O=C(C(Cc1c(-c2noc(C(F)(F)F)n2)cc[nH]c1=O)c1cccc(C(F)(F)F)c1)N1CC2CC1CO2. The lowest BCUT2D eigenvalue weighted by atomic mass is 9.88. The minimum atomic E-state index is -4.93. The van der Waals surface area contributed by atoms with E-state index in [9.17, 15) is 35.9 Å². The summed E-state index contributed by atoms with van der Waals surface area (Å²) in [5.74, 6) is -3.95. The van der Waals surface area contributed by atoms with Crippen LogP contribution < -0.4 is 5.56 Å². The Balaban J connectivity index is 1.57. The van der Waals surface area contributed by atoms with Crippen molar-refractivity contribution in [2.24, 2.45) is 0 Å². The lowest BCUT2D eigenvalue weighted by molar-refractivity contribution is -0.159. The molecule has 3 aromatic rings. The summed E-state index contributed by atoms with van der Waals surface area (Å²) in [6.07, 6.45) is -8.48. The summed E-state index contributed by atoms with van der Waals surface area (Å²) in [4.78, 5) is 33.7. The fourth-order valence-electron chi connectivity index (χ4n) is 4.72. The molecule has 2 saturated heterocycles. The molecule has 3 atom stereocenters. The Hall–Kier alpha value is -3.68. The number of carbonyl (C=O) groups excluding carboxylic acids is 1. The van der Waals surface area contributed by atoms with Crippen molar-refractivity contribution in [2.75, 3.05) is 13.2 Å². The average Bonchev–Trinajstić information content (AvgIpc) is 3.59. The monoisotopic (exact) mass is 528 g/mol. The van der Waals surface area contributed by atoms with Gasteiger partial charge in [0.2, 0.25) is 11.7 Å². The quantitative estimate of drug-likeness (QED) is 0.506. The van der Waals surface area contributed by atoms with Gasteiger partial charge in [0, 0.05) is 23.9 Å². The van der Waals surface area contributed by atoms with Gasteiger partial charge in [0.15, 0.2) is 0 Å². The molecule has 4 heterocycles. The van der Waals surface area contributed by atoms with E-state index in [1.165, 1.54) is 17.0 Å². The van der Waals surface area contributed by atoms with Crippen LogP contribution in [0.25, 0.3) is 11.4 Å². The number of halogens is 6. The molecule has 2 aliphatic rings. The number of aromatic amines is 1. The molecule has 0 radical (unpaired) electrons. The van der Waals surface area contributed by atoms with E-state index in [2.05, 4.69) is 19.6 Å². The normalized spacial score (nSPS) is 20.4. The zero-order chi connectivity index (χ0) is 26.5. The number of hydrogen-bond donors (Lipinski definition) is 1. The molecular formula is C23H18F6N4O4. The topological polar surface area (TPSA) is 101 Å². The lowest BCUT2D eigenvalue weighted by Gasteiger charge is -2.31. The minimum absolute atomic E-state index is 0.00168. The van der Waals surface area contributed by atoms with E-state index in [-0.39, 0.29) is 42.0 Å². The molecule has 37 heavy (non-hydrogen) atoms. The van der Waals surface area contributed by atoms with Gasteiger partial charge in [0.05, 0.1) is 30.2 Å². The van der Waals surface area contributed by atoms with Crippen LogP contribution in [-0.2, 0) is 28.3 Å². The lowest BCUT2D eigenvalue weighted by Crippen LogP contribution is -2.44. The smallest absolute Gasteiger partial charge is 0.374 e. The van der Waals surface area contributed by atoms with Crippen molar-refractivity contribution in [3.63, 3.8) is 0 Å². The summed E-state index contributed by atoms with van der Waals surface area (Å²) < 4.78 is 89.1. The number of carbonyl (C=O) groups is 1. The number of aromatic nitrogens is 3. The van der Waals surface area contributed by atoms with Crippen molar-refractivity contribution in [1.82, 2.24) is 20.0 Å². The number of nitrogens with one attached hydrogen (secondary N) is 1. The van der Waals surface area contributed by atoms with Crippen molar-refractivity contribution in [2.45, 2.75) is 43.3 Å². The van der Waals surface area contributed by atoms with E-state index in [0.29, 0.717) is 6.42 Å². The largest absolute Gasteiger partial charge is 0.471 e. The van der Waals surface area contributed by atoms with Crippen LogP contribution >= 0.6 is 0 Å². The van der Waals surface area contributed by atoms with Crippen molar-refractivity contribution >= 4 is 5.91 Å². The molecule has 2 fully saturated rings. The Morgan fingerprint density at radius 2 is 1.95 bits per heavy atom. The Morgan fingerprint density at radius 3 is 2.57 bits per heavy atom. The molecule has 1 amide bonds. The van der Waals surface area contributed by atoms with Gasteiger partial charge in [-0.15, -0.1) is 0 Å². The molecule has 8 nitrogen and oxygen atoms in total. The van der Waals surface area contributed by atoms with Gasteiger partial charge in [-0.05, 0) is 30.5 Å². The average molecular weight is 528 g/mol. The third kappa shape index (κ3) is 4.84. The van der Waals surface area contributed by atoms with Gasteiger partial charge in [-0.25, -0.2) is 0 Å². The number of likely N-dealkylation sites (tertiary alicyclic amines) is 1. The second kappa shape index (κ2) is 9.01. The number of amides is 1. The molecule has 3 unspecified atom stereocenters. The highest BCUT2D eigenvalue weighted by molar-refractivity contribution is 5.85. The number of fused-ring (bicyclic) bond motifs is 2. The second-order valence-corrected chi connectivity index (χ2v) is 8.84. The Morgan fingerprint density at radius 1 is 1.16 bits per heavy atom. The molecule has 2 aromatic heterocycles. The highest BCUT2D eigenvalue weighted by Gasteiger charge is 2.44. The molecule has 5 rings (SSSR count). The van der Waals surface area contributed by atoms with E-state index in [1.807, 2.05) is 0 Å². The molecule has 0 spiro atoms. The van der Waals surface area contributed by atoms with Gasteiger partial charge >= 0.3 is 18.2 Å². The number of H-pyrrole nitrogens is 1. The van der Waals surface area contributed by atoms with E-state index >= 15 is 0 Å². The third-order valence-corrected chi connectivity index (χ3v) is 6.48. The first-order chi connectivity index (χ1) is 17.4. The van der Waals surface area contributed by atoms with Crippen molar-refractivity contribution in [1.29, 1.82) is 0 Å². The first-order valence-electron chi connectivity index (χ1n) is 11.1. The first-order valence-corrected chi connectivity index (χ1v) is 11.1. The Bertz CT molecular complexity index is 1380. The number of pyridine rings is 1. The number of alkyl halides is 6. The molecule has 1 aromatic carbocycles. The van der Waals surface area contributed by atoms with Crippen LogP contribution in [0.2, 0.25) is 0 Å². The Labute approximate surface area is 204 Å². The molecule has 14 heteroatoms. The van der Waals surface area contributed by atoms with Gasteiger partial charge in [0.1, 0.15) is 0 Å². The number of ether oxygens (including phenoxy) is 1. The van der Waals surface area contributed by atoms with Gasteiger partial charge < -0.3 is 19.1 Å². The van der Waals surface area contributed by atoms with Crippen LogP contribution in [0.4, 0.5) is 26.3 Å². The molecule has 196 valence electrons. The molecule has 2 bridgehead atoms. The van der Waals surface area contributed by atoms with E-state index in [4.69, 9.17) is 4.74 Å². The molecule has 1 N–H and O–H groups in total. The van der Waals surface area contributed by atoms with Crippen LogP contribution in [0.15, 0.2) is 45.8 Å². The van der Waals surface area contributed by atoms with Crippen LogP contribution in [-0.4, -0.2) is 51.2 Å². The van der Waals surface area contributed by atoms with E-state index in [1.54, 1.807) is 0 Å². The van der Waals surface area contributed by atoms with Gasteiger partial charge in [-0.2, -0.15) is 31.3 Å². The minimum Gasteiger partial charge on any atom is -0.374 e. The predicted molar refractivity (Wildman–Crippen MR) is 113 cm³/mol. The first kappa shape index (κ1) is 25.0. The summed E-state index contributed by atoms with van der Waals surface area (Å²) in [7, 11) is 0. The van der Waals surface area contributed by atoms with E-state index < -0.39 is 53.4 Å². The second-order valence-electron chi connectivity index (χ2n) is 8.84. The maximum atomic E-state index is 13.7. The van der Waals surface area contributed by atoms with Crippen molar-refractivity contribution in [3.8, 4) is 11.4 Å². The summed E-state index contributed by atoms with van der Waals surface area (Å²) >= 11 is 0. The zero-order valence-corrected chi connectivity index (χ0v) is 18.8. The highest BCUT2D eigenvalue weighted by Crippen LogP contribution is 2.36. The van der Waals surface area contributed by atoms with Gasteiger partial charge in [0.25, 0.3) is 5.56 Å². The standard InChI is InChI=1S/C23H18F6N4O4/c24-22(25,26)12-3-1-2-11(6-12)16(20(35)33-9-14-7-13(33)10-36-14)8-17-15(4-5-30-19(17)34)18-31-21(37-32-18)23(27,28)29/h1-6,13-14,16H,7-10H2,(H,30,34). The fraction of sp³-hybridized carbons (Fsp3) is 0.391. The van der Waals surface area contributed by atoms with E-state index in [0.717, 1.165) is 24.4 Å². The summed E-state index contributed by atoms with van der Waals surface area (Å²) in [6, 6.07) is 5.17. The number of rotatable bonds is 5. The number of nitrogens with zero attached hydrogens (tertiary/aromatic N) is 3. The maximum absolute atomic E-state index is 13.7. The molecule has 2 aliphatic heterocycles. The third-order valence-electron chi connectivity index (χ3n) is 6.48. The van der Waals surface area contributed by atoms with Crippen LogP contribution in [0.5, 0.6) is 0 Å². The maximum Gasteiger partial charge on any atom is 0.471 e. The highest BCUT2D eigenvalue weighted by atomic mass is 19.4. The number of benzene rings is 1. The fourth-order valence-corrected chi connectivity index (χ4v) is 4.72. The van der Waals surface area contributed by atoms with Crippen LogP contribution in [0.3, 0.4) is 0 Å². The molecular weight excluding hydrogens is 510 g/mol. The summed E-state index contributed by atoms with van der Waals surface area (Å²) in [5.41, 5.74) is -2.05. The summed E-state index contributed by atoms with van der Waals surface area (Å²) in [5, 5.41) is 3.32. The number of hydrogen-bond acceptors (Lipinski definition) is 6. The molecule has 0 aliphatic carbocycles. The predicted octanol–water partition coefficient (Wildman–Crippen LogP) is 3.79. The van der Waals surface area contributed by atoms with Gasteiger partial charge in [-0.3, -0.25) is 9.59 Å². The van der Waals surface area contributed by atoms with Crippen molar-refractivity contribution in [3.05, 3.63) is 69.5 Å². The number of morpholine rings is 1. The summed E-state index contributed by atoms with van der Waals surface area (Å²) in [6.45, 7) is 0.530. The van der Waals surface area contributed by atoms with Crippen LogP contribution in [0, 0.1) is 0 Å².